The van der Waals surface area contributed by atoms with Gasteiger partial charge in [0.15, 0.2) is 0 Å². The number of halogens is 4. The molecule has 3 N–H and O–H groups in total. The number of nitrogens with zero attached hydrogens (tertiary/aromatic N) is 1. The van der Waals surface area contributed by atoms with Gasteiger partial charge in [-0.15, -0.1) is 0 Å². The van der Waals surface area contributed by atoms with Gasteiger partial charge in [-0.2, -0.15) is 13.2 Å². The fourth-order valence-electron chi connectivity index (χ4n) is 3.82. The van der Waals surface area contributed by atoms with Gasteiger partial charge in [-0.25, -0.2) is 14.2 Å². The summed E-state index contributed by atoms with van der Waals surface area (Å²) in [5, 5.41) is 8.01. The van der Waals surface area contributed by atoms with Crippen LogP contribution in [0.5, 0.6) is 0 Å². The standard InChI is InChI=1S/C29H28F4N4O5/c30-22-8-2-1-7-21(22)19-11-13-20(14-12-19)23(17-27(40)42-28(41)29(31,32)33)37-26(39)18-36-25(38)10-4-6-16-35-24-9-3-5-15-34-24/h1-3,5,7-9,11-15,23H,4,6,10,16-18H2,(H,34,35)(H,36,38)(H,37,39). The smallest absolute Gasteiger partial charge is 0.386 e. The third-order valence-corrected chi connectivity index (χ3v) is 5.89. The van der Waals surface area contributed by atoms with E-state index >= 15 is 0 Å². The first kappa shape index (κ1) is 31.7. The fraction of sp³-hybridized carbons (Fsp3) is 0.276. The highest BCUT2D eigenvalue weighted by Gasteiger charge is 2.42. The lowest BCUT2D eigenvalue weighted by Gasteiger charge is -2.19. The molecule has 1 heterocycles. The molecule has 42 heavy (non-hydrogen) atoms. The molecule has 0 spiro atoms. The molecule has 0 fully saturated rings. The monoisotopic (exact) mass is 588 g/mol. The van der Waals surface area contributed by atoms with Gasteiger partial charge in [0.25, 0.3) is 0 Å². The minimum atomic E-state index is -5.38. The van der Waals surface area contributed by atoms with Crippen molar-refractivity contribution in [1.29, 1.82) is 0 Å². The van der Waals surface area contributed by atoms with Crippen molar-refractivity contribution in [3.63, 3.8) is 0 Å². The van der Waals surface area contributed by atoms with E-state index in [9.17, 15) is 36.7 Å². The van der Waals surface area contributed by atoms with E-state index in [1.165, 1.54) is 36.4 Å². The number of esters is 2. The molecule has 0 aliphatic heterocycles. The molecule has 0 aliphatic carbocycles. The van der Waals surface area contributed by atoms with Gasteiger partial charge in [0.1, 0.15) is 11.6 Å². The maximum absolute atomic E-state index is 14.2. The molecule has 1 unspecified atom stereocenters. The second-order valence-corrected chi connectivity index (χ2v) is 9.06. The van der Waals surface area contributed by atoms with Gasteiger partial charge in [0.2, 0.25) is 11.8 Å². The number of benzene rings is 2. The Morgan fingerprint density at radius 1 is 0.881 bits per heavy atom. The zero-order valence-corrected chi connectivity index (χ0v) is 22.2. The van der Waals surface area contributed by atoms with Gasteiger partial charge in [-0.05, 0) is 42.2 Å². The van der Waals surface area contributed by atoms with Crippen LogP contribution < -0.4 is 16.0 Å². The van der Waals surface area contributed by atoms with Crippen LogP contribution in [0.4, 0.5) is 23.4 Å². The number of rotatable bonds is 13. The lowest BCUT2D eigenvalue weighted by Crippen LogP contribution is -2.39. The fourth-order valence-corrected chi connectivity index (χ4v) is 3.82. The molecule has 0 aliphatic rings. The number of amides is 2. The van der Waals surface area contributed by atoms with Crippen LogP contribution in [-0.4, -0.2) is 48.0 Å². The quantitative estimate of drug-likeness (QED) is 0.116. The number of unbranched alkanes of at least 4 members (excludes halogenated alkanes) is 1. The maximum atomic E-state index is 14.2. The summed E-state index contributed by atoms with van der Waals surface area (Å²) in [6.45, 7) is 0.125. The number of hydrogen-bond acceptors (Lipinski definition) is 7. The van der Waals surface area contributed by atoms with Crippen LogP contribution in [0.3, 0.4) is 0 Å². The minimum absolute atomic E-state index is 0.143. The molecule has 1 atom stereocenters. The average Bonchev–Trinajstić information content (AvgIpc) is 2.96. The van der Waals surface area contributed by atoms with E-state index in [2.05, 4.69) is 25.7 Å². The average molecular weight is 589 g/mol. The van der Waals surface area contributed by atoms with Crippen LogP contribution in [-0.2, 0) is 23.9 Å². The number of ether oxygens (including phenoxy) is 1. The van der Waals surface area contributed by atoms with Gasteiger partial charge < -0.3 is 20.7 Å². The number of alkyl halides is 3. The highest BCUT2D eigenvalue weighted by molar-refractivity contribution is 5.89. The lowest BCUT2D eigenvalue weighted by atomic mass is 9.98. The zero-order chi connectivity index (χ0) is 30.5. The predicted octanol–water partition coefficient (Wildman–Crippen LogP) is 4.47. The van der Waals surface area contributed by atoms with E-state index in [0.29, 0.717) is 30.8 Å². The molecule has 0 bridgehead atoms. The van der Waals surface area contributed by atoms with Crippen molar-refractivity contribution in [2.45, 2.75) is 37.9 Å². The molecule has 0 saturated heterocycles. The van der Waals surface area contributed by atoms with Crippen LogP contribution in [0.1, 0.15) is 37.3 Å². The molecule has 3 aromatic rings. The number of anilines is 1. The van der Waals surface area contributed by atoms with Gasteiger partial charge in [-0.3, -0.25) is 14.4 Å². The van der Waals surface area contributed by atoms with E-state index < -0.39 is 54.8 Å². The first-order chi connectivity index (χ1) is 20.0. The third-order valence-electron chi connectivity index (χ3n) is 5.89. The lowest BCUT2D eigenvalue weighted by molar-refractivity contribution is -0.202. The summed E-state index contributed by atoms with van der Waals surface area (Å²) in [5.74, 6) is -5.12. The summed E-state index contributed by atoms with van der Waals surface area (Å²) < 4.78 is 55.6. The summed E-state index contributed by atoms with van der Waals surface area (Å²) >= 11 is 0. The number of aromatic nitrogens is 1. The van der Waals surface area contributed by atoms with E-state index in [1.807, 2.05) is 12.1 Å². The van der Waals surface area contributed by atoms with Crippen molar-refractivity contribution < 1.29 is 41.5 Å². The SMILES string of the molecule is O=C(CCCCNc1ccccn1)NCC(=O)NC(CC(=O)OC(=O)C(F)(F)F)c1ccc(-c2ccccc2F)cc1. The normalized spacial score (nSPS) is 11.7. The number of hydrogen-bond donors (Lipinski definition) is 3. The highest BCUT2D eigenvalue weighted by atomic mass is 19.4. The van der Waals surface area contributed by atoms with Crippen molar-refractivity contribution in [3.8, 4) is 11.1 Å². The summed E-state index contributed by atoms with van der Waals surface area (Å²) in [4.78, 5) is 52.0. The molecule has 2 aromatic carbocycles. The number of carbonyl (C=O) groups is 4. The van der Waals surface area contributed by atoms with Gasteiger partial charge in [0.05, 0.1) is 19.0 Å². The van der Waals surface area contributed by atoms with Crippen LogP contribution >= 0.6 is 0 Å². The summed E-state index contributed by atoms with van der Waals surface area (Å²) in [6.07, 6.45) is -3.21. The van der Waals surface area contributed by atoms with Crippen molar-refractivity contribution in [1.82, 2.24) is 15.6 Å². The van der Waals surface area contributed by atoms with Crippen molar-refractivity contribution >= 4 is 29.6 Å². The highest BCUT2D eigenvalue weighted by Crippen LogP contribution is 2.26. The maximum Gasteiger partial charge on any atom is 0.491 e. The Bertz CT molecular complexity index is 1370. The number of pyridine rings is 1. The van der Waals surface area contributed by atoms with Crippen molar-refractivity contribution in [2.24, 2.45) is 0 Å². The van der Waals surface area contributed by atoms with E-state index in [0.717, 1.165) is 0 Å². The molecule has 0 saturated carbocycles. The van der Waals surface area contributed by atoms with E-state index in [-0.39, 0.29) is 17.5 Å². The Balaban J connectivity index is 1.56. The largest absolute Gasteiger partial charge is 0.491 e. The van der Waals surface area contributed by atoms with Crippen molar-refractivity contribution in [2.75, 3.05) is 18.4 Å². The van der Waals surface area contributed by atoms with Crippen LogP contribution in [0.15, 0.2) is 72.9 Å². The zero-order valence-electron chi connectivity index (χ0n) is 22.2. The van der Waals surface area contributed by atoms with Gasteiger partial charge in [0, 0.05) is 24.7 Å². The van der Waals surface area contributed by atoms with Crippen LogP contribution in [0, 0.1) is 5.82 Å². The third kappa shape index (κ3) is 10.3. The Labute approximate surface area is 238 Å². The van der Waals surface area contributed by atoms with E-state index in [4.69, 9.17) is 0 Å². The van der Waals surface area contributed by atoms with Gasteiger partial charge in [-0.1, -0.05) is 48.5 Å². The predicted molar refractivity (Wildman–Crippen MR) is 144 cm³/mol. The summed E-state index contributed by atoms with van der Waals surface area (Å²) in [5.41, 5.74) is 1.03. The van der Waals surface area contributed by atoms with Gasteiger partial charge >= 0.3 is 18.1 Å². The Hall–Kier alpha value is -4.81. The topological polar surface area (TPSA) is 126 Å². The minimum Gasteiger partial charge on any atom is -0.386 e. The molecule has 3 rings (SSSR count). The molecule has 9 nitrogen and oxygen atoms in total. The number of nitrogens with one attached hydrogen (secondary N) is 3. The molecule has 13 heteroatoms. The molecular formula is C29H28F4N4O5. The number of carbonyl (C=O) groups excluding carboxylic acids is 4. The Morgan fingerprint density at radius 2 is 1.60 bits per heavy atom. The summed E-state index contributed by atoms with van der Waals surface area (Å²) in [7, 11) is 0. The first-order valence-corrected chi connectivity index (χ1v) is 12.9. The van der Waals surface area contributed by atoms with Crippen molar-refractivity contribution in [3.05, 3.63) is 84.3 Å². The summed E-state index contributed by atoms with van der Waals surface area (Å²) in [6, 6.07) is 16.1. The molecule has 222 valence electrons. The molecule has 1 aromatic heterocycles. The Morgan fingerprint density at radius 3 is 2.26 bits per heavy atom. The second-order valence-electron chi connectivity index (χ2n) is 9.06. The van der Waals surface area contributed by atoms with Crippen LogP contribution in [0.25, 0.3) is 11.1 Å². The Kier molecular flexibility index (Phi) is 11.5. The van der Waals surface area contributed by atoms with Crippen LogP contribution in [0.2, 0.25) is 0 Å². The first-order valence-electron chi connectivity index (χ1n) is 12.9. The molecule has 2 amide bonds. The van der Waals surface area contributed by atoms with E-state index in [1.54, 1.807) is 24.4 Å². The second kappa shape index (κ2) is 15.3. The molecule has 0 radical (unpaired) electrons. The molecular weight excluding hydrogens is 560 g/mol.